The van der Waals surface area contributed by atoms with Gasteiger partial charge in [0, 0.05) is 0 Å². The predicted octanol–water partition coefficient (Wildman–Crippen LogP) is 2.24. The fraction of sp³-hybridized carbons (Fsp3) is 0.917. The number of esters is 1. The standard InChI is InChI=1S/C12H23NO2/c1-3-5-10(2)15-11(14)8-12(9-13)6-4-7-12/h10H,3-9,13H2,1-2H3. The largest absolute Gasteiger partial charge is 0.463 e. The van der Waals surface area contributed by atoms with E-state index in [0.29, 0.717) is 13.0 Å². The van der Waals surface area contributed by atoms with Gasteiger partial charge in [-0.25, -0.2) is 0 Å². The zero-order valence-corrected chi connectivity index (χ0v) is 9.92. The number of hydrogen-bond acceptors (Lipinski definition) is 3. The maximum Gasteiger partial charge on any atom is 0.306 e. The Labute approximate surface area is 92.4 Å². The van der Waals surface area contributed by atoms with Crippen molar-refractivity contribution in [1.29, 1.82) is 0 Å². The summed E-state index contributed by atoms with van der Waals surface area (Å²) in [6, 6.07) is 0. The van der Waals surface area contributed by atoms with E-state index in [-0.39, 0.29) is 17.5 Å². The van der Waals surface area contributed by atoms with E-state index in [0.717, 1.165) is 25.7 Å². The Balaban J connectivity index is 2.28. The van der Waals surface area contributed by atoms with Crippen LogP contribution in [0.15, 0.2) is 0 Å². The second-order valence-electron chi connectivity index (χ2n) is 4.82. The normalized spacial score (nSPS) is 20.5. The molecule has 15 heavy (non-hydrogen) atoms. The Bertz CT molecular complexity index is 206. The highest BCUT2D eigenvalue weighted by Crippen LogP contribution is 2.43. The lowest BCUT2D eigenvalue weighted by atomic mass is 9.67. The van der Waals surface area contributed by atoms with Crippen LogP contribution in [-0.4, -0.2) is 18.6 Å². The second-order valence-corrected chi connectivity index (χ2v) is 4.82. The van der Waals surface area contributed by atoms with Gasteiger partial charge in [-0.1, -0.05) is 19.8 Å². The smallest absolute Gasteiger partial charge is 0.306 e. The Hall–Kier alpha value is -0.570. The predicted molar refractivity (Wildman–Crippen MR) is 60.4 cm³/mol. The van der Waals surface area contributed by atoms with Crippen LogP contribution in [0.4, 0.5) is 0 Å². The van der Waals surface area contributed by atoms with Crippen molar-refractivity contribution in [2.24, 2.45) is 11.1 Å². The molecule has 1 aliphatic rings. The molecule has 0 aliphatic heterocycles. The Morgan fingerprint density at radius 1 is 1.53 bits per heavy atom. The Morgan fingerprint density at radius 3 is 2.60 bits per heavy atom. The average molecular weight is 213 g/mol. The molecule has 0 spiro atoms. The molecule has 3 nitrogen and oxygen atoms in total. The molecule has 1 rings (SSSR count). The molecule has 0 saturated heterocycles. The first-order valence-electron chi connectivity index (χ1n) is 6.01. The molecule has 0 bridgehead atoms. The van der Waals surface area contributed by atoms with E-state index in [2.05, 4.69) is 6.92 Å². The van der Waals surface area contributed by atoms with Crippen molar-refractivity contribution in [3.05, 3.63) is 0 Å². The molecule has 1 saturated carbocycles. The van der Waals surface area contributed by atoms with Gasteiger partial charge in [0.25, 0.3) is 0 Å². The zero-order chi connectivity index (χ0) is 11.3. The van der Waals surface area contributed by atoms with Crippen LogP contribution in [-0.2, 0) is 9.53 Å². The molecule has 2 N–H and O–H groups in total. The SMILES string of the molecule is CCCC(C)OC(=O)CC1(CN)CCC1. The van der Waals surface area contributed by atoms with Crippen molar-refractivity contribution in [2.75, 3.05) is 6.54 Å². The number of carbonyl (C=O) groups excluding carboxylic acids is 1. The molecule has 3 heteroatoms. The van der Waals surface area contributed by atoms with Crippen LogP contribution in [0.5, 0.6) is 0 Å². The van der Waals surface area contributed by atoms with E-state index in [9.17, 15) is 4.79 Å². The molecule has 1 atom stereocenters. The highest BCUT2D eigenvalue weighted by molar-refractivity contribution is 5.70. The van der Waals surface area contributed by atoms with Crippen LogP contribution in [0, 0.1) is 5.41 Å². The van der Waals surface area contributed by atoms with Gasteiger partial charge in [-0.2, -0.15) is 0 Å². The summed E-state index contributed by atoms with van der Waals surface area (Å²) >= 11 is 0. The number of ether oxygens (including phenoxy) is 1. The molecule has 1 fully saturated rings. The van der Waals surface area contributed by atoms with Crippen LogP contribution < -0.4 is 5.73 Å². The van der Waals surface area contributed by atoms with Gasteiger partial charge in [0.2, 0.25) is 0 Å². The van der Waals surface area contributed by atoms with Gasteiger partial charge >= 0.3 is 5.97 Å². The van der Waals surface area contributed by atoms with Crippen LogP contribution >= 0.6 is 0 Å². The summed E-state index contributed by atoms with van der Waals surface area (Å²) in [6.45, 7) is 4.67. The minimum Gasteiger partial charge on any atom is -0.463 e. The summed E-state index contributed by atoms with van der Waals surface area (Å²) in [5.74, 6) is -0.0684. The highest BCUT2D eigenvalue weighted by atomic mass is 16.5. The van der Waals surface area contributed by atoms with E-state index >= 15 is 0 Å². The minimum atomic E-state index is -0.0684. The Kier molecular flexibility index (Phi) is 4.58. The third kappa shape index (κ3) is 3.49. The Morgan fingerprint density at radius 2 is 2.20 bits per heavy atom. The van der Waals surface area contributed by atoms with Crippen molar-refractivity contribution in [3.63, 3.8) is 0 Å². The minimum absolute atomic E-state index is 0.0531. The van der Waals surface area contributed by atoms with Crippen LogP contribution in [0.25, 0.3) is 0 Å². The van der Waals surface area contributed by atoms with Gasteiger partial charge in [0.05, 0.1) is 12.5 Å². The van der Waals surface area contributed by atoms with Crippen molar-refractivity contribution < 1.29 is 9.53 Å². The molecular weight excluding hydrogens is 190 g/mol. The van der Waals surface area contributed by atoms with Crippen LogP contribution in [0.3, 0.4) is 0 Å². The van der Waals surface area contributed by atoms with Gasteiger partial charge in [-0.3, -0.25) is 4.79 Å². The molecule has 88 valence electrons. The number of nitrogens with two attached hydrogens (primary N) is 1. The van der Waals surface area contributed by atoms with E-state index in [1.807, 2.05) is 6.92 Å². The summed E-state index contributed by atoms with van der Waals surface area (Å²) in [6.07, 6.45) is 5.93. The van der Waals surface area contributed by atoms with Gasteiger partial charge in [0.15, 0.2) is 0 Å². The first-order valence-corrected chi connectivity index (χ1v) is 6.01. The number of rotatable bonds is 6. The maximum absolute atomic E-state index is 11.6. The first-order chi connectivity index (χ1) is 7.12. The molecule has 0 aromatic rings. The topological polar surface area (TPSA) is 52.3 Å². The average Bonchev–Trinajstić information content (AvgIpc) is 2.11. The lowest BCUT2D eigenvalue weighted by Gasteiger charge is -2.40. The van der Waals surface area contributed by atoms with Crippen molar-refractivity contribution in [1.82, 2.24) is 0 Å². The maximum atomic E-state index is 11.6. The molecule has 0 aromatic carbocycles. The lowest BCUT2D eigenvalue weighted by Crippen LogP contribution is -2.39. The van der Waals surface area contributed by atoms with Gasteiger partial charge in [-0.05, 0) is 38.1 Å². The lowest BCUT2D eigenvalue weighted by molar-refractivity contribution is -0.152. The summed E-state index contributed by atoms with van der Waals surface area (Å²) in [7, 11) is 0. The third-order valence-corrected chi connectivity index (χ3v) is 3.39. The van der Waals surface area contributed by atoms with Gasteiger partial charge in [-0.15, -0.1) is 0 Å². The summed E-state index contributed by atoms with van der Waals surface area (Å²) < 4.78 is 5.33. The fourth-order valence-electron chi connectivity index (χ4n) is 2.17. The molecule has 1 unspecified atom stereocenters. The van der Waals surface area contributed by atoms with E-state index in [4.69, 9.17) is 10.5 Å². The summed E-state index contributed by atoms with van der Waals surface area (Å²) in [4.78, 5) is 11.6. The molecule has 0 aromatic heterocycles. The van der Waals surface area contributed by atoms with Gasteiger partial charge in [0.1, 0.15) is 0 Å². The van der Waals surface area contributed by atoms with Crippen molar-refractivity contribution in [2.45, 2.75) is 58.5 Å². The molecule has 0 heterocycles. The zero-order valence-electron chi connectivity index (χ0n) is 9.92. The van der Waals surface area contributed by atoms with Crippen molar-refractivity contribution >= 4 is 5.97 Å². The molecular formula is C12H23NO2. The quantitative estimate of drug-likeness (QED) is 0.688. The van der Waals surface area contributed by atoms with E-state index in [1.165, 1.54) is 6.42 Å². The van der Waals surface area contributed by atoms with E-state index in [1.54, 1.807) is 0 Å². The first kappa shape index (κ1) is 12.5. The highest BCUT2D eigenvalue weighted by Gasteiger charge is 2.38. The van der Waals surface area contributed by atoms with Crippen molar-refractivity contribution in [3.8, 4) is 0 Å². The number of hydrogen-bond donors (Lipinski definition) is 1. The monoisotopic (exact) mass is 213 g/mol. The van der Waals surface area contributed by atoms with E-state index < -0.39 is 0 Å². The third-order valence-electron chi connectivity index (χ3n) is 3.39. The second kappa shape index (κ2) is 5.50. The molecule has 1 aliphatic carbocycles. The molecule has 0 radical (unpaired) electrons. The van der Waals surface area contributed by atoms with Gasteiger partial charge < -0.3 is 10.5 Å². The molecule has 0 amide bonds. The van der Waals surface area contributed by atoms with Crippen LogP contribution in [0.2, 0.25) is 0 Å². The summed E-state index contributed by atoms with van der Waals surface area (Å²) in [5, 5.41) is 0. The summed E-state index contributed by atoms with van der Waals surface area (Å²) in [5.41, 5.74) is 5.77. The fourth-order valence-corrected chi connectivity index (χ4v) is 2.17. The number of carbonyl (C=O) groups is 1. The van der Waals surface area contributed by atoms with Crippen LogP contribution in [0.1, 0.15) is 52.4 Å².